The van der Waals surface area contributed by atoms with Gasteiger partial charge >= 0.3 is 6.18 Å². The molecular weight excluding hydrogens is 415 g/mol. The van der Waals surface area contributed by atoms with E-state index in [0.29, 0.717) is 23.2 Å². The van der Waals surface area contributed by atoms with Crippen LogP contribution in [0.1, 0.15) is 53.6 Å². The Morgan fingerprint density at radius 2 is 1.72 bits per heavy atom. The fraction of sp³-hybridized carbons (Fsp3) is 0.280. The van der Waals surface area contributed by atoms with E-state index >= 15 is 0 Å². The van der Waals surface area contributed by atoms with Crippen LogP contribution in [0.4, 0.5) is 13.2 Å². The van der Waals surface area contributed by atoms with Crippen molar-refractivity contribution in [2.75, 3.05) is 7.05 Å². The first kappa shape index (κ1) is 23.3. The molecule has 0 bridgehead atoms. The quantitative estimate of drug-likeness (QED) is 0.460. The summed E-state index contributed by atoms with van der Waals surface area (Å²) in [6.07, 6.45) is -1.89. The van der Waals surface area contributed by atoms with Crippen molar-refractivity contribution in [2.45, 2.75) is 39.9 Å². The molecule has 168 valence electrons. The molecule has 1 aromatic heterocycles. The lowest BCUT2D eigenvalue weighted by molar-refractivity contribution is -0.137. The highest BCUT2D eigenvalue weighted by atomic mass is 19.4. The number of aromatic nitrogens is 2. The molecule has 7 heteroatoms. The molecule has 4 nitrogen and oxygen atoms in total. The number of carbonyl (C=O) groups excluding carboxylic acids is 1. The highest BCUT2D eigenvalue weighted by molar-refractivity contribution is 5.99. The smallest absolute Gasteiger partial charge is 0.337 e. The topological polar surface area (TPSA) is 38.1 Å². The van der Waals surface area contributed by atoms with Crippen molar-refractivity contribution in [2.24, 2.45) is 0 Å². The average Bonchev–Trinajstić information content (AvgIpc) is 3.18. The fourth-order valence-corrected chi connectivity index (χ4v) is 3.54. The summed E-state index contributed by atoms with van der Waals surface area (Å²) in [7, 11) is 1.65. The normalized spacial score (nSPS) is 12.2. The third-order valence-corrected chi connectivity index (χ3v) is 5.38. The SMILES string of the molecule is C/C=C(\C)c1nn(-c2ccccc2)c(CC)c1C(=O)N(C)Cc1ccc(C(F)(F)F)cc1. The summed E-state index contributed by atoms with van der Waals surface area (Å²) in [5.41, 5.74) is 3.56. The molecule has 0 saturated heterocycles. The summed E-state index contributed by atoms with van der Waals surface area (Å²) in [5.74, 6) is -0.222. The van der Waals surface area contributed by atoms with E-state index in [4.69, 9.17) is 5.10 Å². The second kappa shape index (κ2) is 9.42. The van der Waals surface area contributed by atoms with Crippen LogP contribution in [0, 0.1) is 0 Å². The second-order valence-electron chi connectivity index (χ2n) is 7.60. The molecule has 3 aromatic rings. The molecule has 0 N–H and O–H groups in total. The Morgan fingerprint density at radius 3 is 2.25 bits per heavy atom. The standard InChI is InChI=1S/C25H26F3N3O/c1-5-17(3)23-22(21(6-2)31(29-23)20-10-8-7-9-11-20)24(32)30(4)16-18-12-14-19(15-13-18)25(26,27)28/h5,7-15H,6,16H2,1-4H3/b17-5+. The number of rotatable bonds is 6. The number of benzene rings is 2. The van der Waals surface area contributed by atoms with E-state index in [-0.39, 0.29) is 12.5 Å². The maximum atomic E-state index is 13.5. The van der Waals surface area contributed by atoms with Gasteiger partial charge in [-0.2, -0.15) is 18.3 Å². The molecule has 0 atom stereocenters. The van der Waals surface area contributed by atoms with Crippen LogP contribution in [0.2, 0.25) is 0 Å². The molecule has 0 spiro atoms. The van der Waals surface area contributed by atoms with Gasteiger partial charge in [0, 0.05) is 13.6 Å². The van der Waals surface area contributed by atoms with Crippen LogP contribution in [0.25, 0.3) is 11.3 Å². The zero-order chi connectivity index (χ0) is 23.5. The van der Waals surface area contributed by atoms with Crippen molar-refractivity contribution in [1.29, 1.82) is 0 Å². The van der Waals surface area contributed by atoms with Gasteiger partial charge in [-0.3, -0.25) is 4.79 Å². The number of carbonyl (C=O) groups is 1. The minimum Gasteiger partial charge on any atom is -0.337 e. The Balaban J connectivity index is 1.98. The highest BCUT2D eigenvalue weighted by Crippen LogP contribution is 2.30. The largest absolute Gasteiger partial charge is 0.416 e. The van der Waals surface area contributed by atoms with E-state index in [0.717, 1.165) is 29.1 Å². The predicted molar refractivity (Wildman–Crippen MR) is 120 cm³/mol. The van der Waals surface area contributed by atoms with E-state index in [2.05, 4.69) is 0 Å². The molecule has 2 aromatic carbocycles. The Morgan fingerprint density at radius 1 is 1.09 bits per heavy atom. The number of halogens is 3. The minimum absolute atomic E-state index is 0.185. The monoisotopic (exact) mass is 441 g/mol. The molecule has 0 saturated carbocycles. The molecule has 0 radical (unpaired) electrons. The number of amides is 1. The molecule has 3 rings (SSSR count). The van der Waals surface area contributed by atoms with Crippen molar-refractivity contribution in [3.8, 4) is 5.69 Å². The summed E-state index contributed by atoms with van der Waals surface area (Å²) >= 11 is 0. The number of allylic oxidation sites excluding steroid dienone is 2. The van der Waals surface area contributed by atoms with Crippen LogP contribution in [-0.2, 0) is 19.1 Å². The van der Waals surface area contributed by atoms with E-state index in [1.807, 2.05) is 57.2 Å². The fourth-order valence-electron chi connectivity index (χ4n) is 3.54. The van der Waals surface area contributed by atoms with Gasteiger partial charge in [0.15, 0.2) is 0 Å². The third-order valence-electron chi connectivity index (χ3n) is 5.38. The average molecular weight is 441 g/mol. The number of nitrogens with zero attached hydrogens (tertiary/aromatic N) is 3. The van der Waals surface area contributed by atoms with Crippen LogP contribution in [0.15, 0.2) is 60.7 Å². The van der Waals surface area contributed by atoms with E-state index in [9.17, 15) is 18.0 Å². The molecule has 0 aliphatic heterocycles. The summed E-state index contributed by atoms with van der Waals surface area (Å²) in [6, 6.07) is 14.5. The first-order chi connectivity index (χ1) is 15.2. The van der Waals surface area contributed by atoms with Crippen molar-refractivity contribution < 1.29 is 18.0 Å². The van der Waals surface area contributed by atoms with Gasteiger partial charge in [-0.25, -0.2) is 4.68 Å². The lowest BCUT2D eigenvalue weighted by Gasteiger charge is -2.19. The number of hydrogen-bond acceptors (Lipinski definition) is 2. The van der Waals surface area contributed by atoms with Crippen molar-refractivity contribution in [3.05, 3.63) is 88.8 Å². The molecule has 32 heavy (non-hydrogen) atoms. The van der Waals surface area contributed by atoms with Crippen molar-refractivity contribution >= 4 is 11.5 Å². The van der Waals surface area contributed by atoms with Crippen LogP contribution in [0.5, 0.6) is 0 Å². The van der Waals surface area contributed by atoms with Crippen LogP contribution < -0.4 is 0 Å². The molecule has 1 amide bonds. The van der Waals surface area contributed by atoms with Gasteiger partial charge in [0.25, 0.3) is 5.91 Å². The van der Waals surface area contributed by atoms with Crippen LogP contribution in [-0.4, -0.2) is 27.6 Å². The molecule has 1 heterocycles. The maximum Gasteiger partial charge on any atom is 0.416 e. The van der Waals surface area contributed by atoms with Crippen molar-refractivity contribution in [1.82, 2.24) is 14.7 Å². The van der Waals surface area contributed by atoms with Gasteiger partial charge in [-0.05, 0) is 55.7 Å². The minimum atomic E-state index is -4.39. The molecule has 0 fully saturated rings. The Hall–Kier alpha value is -3.35. The number of alkyl halides is 3. The molecular formula is C25H26F3N3O. The van der Waals surface area contributed by atoms with Gasteiger partial charge in [0.1, 0.15) is 5.69 Å². The van der Waals surface area contributed by atoms with E-state index < -0.39 is 11.7 Å². The van der Waals surface area contributed by atoms with E-state index in [1.165, 1.54) is 17.0 Å². The first-order valence-corrected chi connectivity index (χ1v) is 10.4. The molecule has 0 aliphatic carbocycles. The first-order valence-electron chi connectivity index (χ1n) is 10.4. The van der Waals surface area contributed by atoms with Crippen LogP contribution in [0.3, 0.4) is 0 Å². The molecule has 0 aliphatic rings. The van der Waals surface area contributed by atoms with E-state index in [1.54, 1.807) is 11.7 Å². The molecule has 0 unspecified atom stereocenters. The maximum absolute atomic E-state index is 13.5. The Kier molecular flexibility index (Phi) is 6.87. The Bertz CT molecular complexity index is 1110. The zero-order valence-corrected chi connectivity index (χ0v) is 18.6. The van der Waals surface area contributed by atoms with Gasteiger partial charge in [0.05, 0.1) is 22.5 Å². The van der Waals surface area contributed by atoms with Gasteiger partial charge < -0.3 is 4.90 Å². The third kappa shape index (κ3) is 4.77. The second-order valence-corrected chi connectivity index (χ2v) is 7.60. The lowest BCUT2D eigenvalue weighted by Crippen LogP contribution is -2.27. The lowest BCUT2D eigenvalue weighted by atomic mass is 10.0. The summed E-state index contributed by atoms with van der Waals surface area (Å²) < 4.78 is 40.3. The van der Waals surface area contributed by atoms with Gasteiger partial charge in [-0.1, -0.05) is 43.3 Å². The number of para-hydroxylation sites is 1. The van der Waals surface area contributed by atoms with Gasteiger partial charge in [-0.15, -0.1) is 0 Å². The van der Waals surface area contributed by atoms with Crippen LogP contribution >= 0.6 is 0 Å². The Labute approximate surface area is 186 Å². The summed E-state index contributed by atoms with van der Waals surface area (Å²) in [5, 5.41) is 4.75. The predicted octanol–water partition coefficient (Wildman–Crippen LogP) is 6.15. The highest BCUT2D eigenvalue weighted by Gasteiger charge is 2.30. The summed E-state index contributed by atoms with van der Waals surface area (Å²) in [6.45, 7) is 5.95. The van der Waals surface area contributed by atoms with Gasteiger partial charge in [0.2, 0.25) is 0 Å². The number of hydrogen-bond donors (Lipinski definition) is 0. The van der Waals surface area contributed by atoms with Crippen molar-refractivity contribution in [3.63, 3.8) is 0 Å². The zero-order valence-electron chi connectivity index (χ0n) is 18.6. The summed E-state index contributed by atoms with van der Waals surface area (Å²) in [4.78, 5) is 15.0.